The van der Waals surface area contributed by atoms with Gasteiger partial charge in [-0.15, -0.1) is 0 Å². The summed E-state index contributed by atoms with van der Waals surface area (Å²) in [6.45, 7) is 2.31. The van der Waals surface area contributed by atoms with Crippen LogP contribution in [0.3, 0.4) is 0 Å². The quantitative estimate of drug-likeness (QED) is 0.785. The molecule has 0 amide bonds. The van der Waals surface area contributed by atoms with Crippen LogP contribution in [0.1, 0.15) is 18.9 Å². The average molecular weight is 390 g/mol. The average Bonchev–Trinajstić information content (AvgIpc) is 2.52. The molecule has 5 heteroatoms. The summed E-state index contributed by atoms with van der Waals surface area (Å²) in [6.07, 6.45) is 2.32. The number of ether oxygens (including phenoxy) is 1. The Morgan fingerprint density at radius 1 is 1.38 bits per heavy atom. The Kier molecular flexibility index (Phi) is 7.26. The first-order valence-electron chi connectivity index (χ1n) is 7.42. The first-order chi connectivity index (χ1) is 10.2. The number of likely N-dealkylation sites (N-methyl/N-ethyl adjacent to an activating group) is 1. The van der Waals surface area contributed by atoms with E-state index in [4.69, 9.17) is 4.74 Å². The number of hydrogen-bond acceptors (Lipinski definition) is 4. The molecule has 21 heavy (non-hydrogen) atoms. The van der Waals surface area contributed by atoms with Gasteiger partial charge in [-0.3, -0.25) is 0 Å². The lowest BCUT2D eigenvalue weighted by molar-refractivity contribution is 0.412. The minimum absolute atomic E-state index is 0.521. The van der Waals surface area contributed by atoms with Gasteiger partial charge >= 0.3 is 0 Å². The minimum Gasteiger partial charge on any atom is -0.496 e. The minimum atomic E-state index is 0.521. The number of nitrogens with one attached hydrogen (secondary N) is 1. The van der Waals surface area contributed by atoms with Crippen molar-refractivity contribution in [2.75, 3.05) is 25.7 Å². The van der Waals surface area contributed by atoms with Crippen LogP contribution >= 0.6 is 39.5 Å². The number of thioether (sulfide) groups is 2. The molecule has 0 aromatic heterocycles. The number of methoxy groups -OCH3 is 1. The third-order valence-electron chi connectivity index (χ3n) is 3.93. The molecule has 118 valence electrons. The van der Waals surface area contributed by atoms with Crippen LogP contribution in [0.15, 0.2) is 22.7 Å². The van der Waals surface area contributed by atoms with Crippen molar-refractivity contribution in [3.63, 3.8) is 0 Å². The van der Waals surface area contributed by atoms with Gasteiger partial charge in [-0.1, -0.05) is 13.0 Å². The van der Waals surface area contributed by atoms with Gasteiger partial charge in [-0.05, 0) is 53.5 Å². The Labute approximate surface area is 145 Å². The van der Waals surface area contributed by atoms with E-state index in [1.165, 1.54) is 23.5 Å². The standard InChI is InChI=1S/C16H24BrNOS2/c1-4-15-16(21-8-7-20-15)13(18-2)10-11-5-6-14(19-3)12(17)9-11/h5-6,9,13,15-16,18H,4,7-8,10H2,1-3H3. The first kappa shape index (κ1) is 17.5. The molecule has 3 unspecified atom stereocenters. The van der Waals surface area contributed by atoms with E-state index in [0.29, 0.717) is 11.3 Å². The van der Waals surface area contributed by atoms with Crippen LogP contribution in [0.4, 0.5) is 0 Å². The fourth-order valence-corrected chi connectivity index (χ4v) is 6.68. The zero-order valence-electron chi connectivity index (χ0n) is 12.9. The lowest BCUT2D eigenvalue weighted by Crippen LogP contribution is -2.44. The Balaban J connectivity index is 2.09. The fraction of sp³-hybridized carbons (Fsp3) is 0.625. The summed E-state index contributed by atoms with van der Waals surface area (Å²) in [7, 11) is 3.80. The maximum Gasteiger partial charge on any atom is 0.133 e. The van der Waals surface area contributed by atoms with E-state index < -0.39 is 0 Å². The highest BCUT2D eigenvalue weighted by molar-refractivity contribution is 9.10. The molecule has 1 heterocycles. The summed E-state index contributed by atoms with van der Waals surface area (Å²) in [6, 6.07) is 6.93. The molecule has 1 saturated heterocycles. The van der Waals surface area contributed by atoms with Crippen molar-refractivity contribution in [1.29, 1.82) is 0 Å². The third kappa shape index (κ3) is 4.57. The summed E-state index contributed by atoms with van der Waals surface area (Å²) in [5, 5.41) is 5.01. The van der Waals surface area contributed by atoms with E-state index in [2.05, 4.69) is 70.9 Å². The van der Waals surface area contributed by atoms with Gasteiger partial charge in [0.15, 0.2) is 0 Å². The summed E-state index contributed by atoms with van der Waals surface area (Å²) in [5.41, 5.74) is 1.35. The molecular formula is C16H24BrNOS2. The second-order valence-electron chi connectivity index (χ2n) is 5.22. The zero-order chi connectivity index (χ0) is 15.2. The van der Waals surface area contributed by atoms with Crippen molar-refractivity contribution in [1.82, 2.24) is 5.32 Å². The molecule has 1 aromatic carbocycles. The maximum absolute atomic E-state index is 5.31. The van der Waals surface area contributed by atoms with Gasteiger partial charge in [-0.25, -0.2) is 0 Å². The van der Waals surface area contributed by atoms with E-state index in [1.807, 2.05) is 6.07 Å². The molecular weight excluding hydrogens is 366 g/mol. The Morgan fingerprint density at radius 2 is 2.14 bits per heavy atom. The van der Waals surface area contributed by atoms with Gasteiger partial charge in [0.05, 0.1) is 11.6 Å². The molecule has 0 saturated carbocycles. The summed E-state index contributed by atoms with van der Waals surface area (Å²) in [4.78, 5) is 0. The normalized spacial score (nSPS) is 23.8. The number of halogens is 1. The highest BCUT2D eigenvalue weighted by atomic mass is 79.9. The summed E-state index contributed by atoms with van der Waals surface area (Å²) >= 11 is 7.87. The first-order valence-corrected chi connectivity index (χ1v) is 10.3. The highest BCUT2D eigenvalue weighted by Gasteiger charge is 2.31. The Morgan fingerprint density at radius 3 is 2.76 bits per heavy atom. The van der Waals surface area contributed by atoms with Gasteiger partial charge in [0.1, 0.15) is 5.75 Å². The predicted octanol–water partition coefficient (Wildman–Crippen LogP) is 4.22. The van der Waals surface area contributed by atoms with E-state index in [1.54, 1.807) is 7.11 Å². The Hall–Kier alpha value is 0.160. The number of hydrogen-bond donors (Lipinski definition) is 1. The molecule has 0 aliphatic carbocycles. The van der Waals surface area contributed by atoms with Gasteiger partial charge in [0.25, 0.3) is 0 Å². The number of rotatable bonds is 6. The van der Waals surface area contributed by atoms with E-state index in [-0.39, 0.29) is 0 Å². The van der Waals surface area contributed by atoms with Gasteiger partial charge in [0, 0.05) is 28.0 Å². The van der Waals surface area contributed by atoms with Gasteiger partial charge < -0.3 is 10.1 Å². The molecule has 0 radical (unpaired) electrons. The molecule has 0 spiro atoms. The number of benzene rings is 1. The maximum atomic E-state index is 5.31. The van der Waals surface area contributed by atoms with Crippen LogP contribution in [0.5, 0.6) is 5.75 Å². The smallest absolute Gasteiger partial charge is 0.133 e. The lowest BCUT2D eigenvalue weighted by Gasteiger charge is -2.36. The molecule has 1 aromatic rings. The molecule has 0 bridgehead atoms. The van der Waals surface area contributed by atoms with Crippen LogP contribution in [0, 0.1) is 0 Å². The van der Waals surface area contributed by atoms with Crippen molar-refractivity contribution in [3.05, 3.63) is 28.2 Å². The van der Waals surface area contributed by atoms with E-state index in [9.17, 15) is 0 Å². The molecule has 2 rings (SSSR count). The molecule has 1 aliphatic heterocycles. The second-order valence-corrected chi connectivity index (χ2v) is 8.71. The monoisotopic (exact) mass is 389 g/mol. The molecule has 1 aliphatic rings. The van der Waals surface area contributed by atoms with Crippen molar-refractivity contribution in [2.24, 2.45) is 0 Å². The molecule has 2 nitrogen and oxygen atoms in total. The van der Waals surface area contributed by atoms with E-state index in [0.717, 1.165) is 21.9 Å². The SMILES string of the molecule is CCC1SCCSC1C(Cc1ccc(OC)c(Br)c1)NC. The summed E-state index contributed by atoms with van der Waals surface area (Å²) < 4.78 is 6.35. The van der Waals surface area contributed by atoms with Gasteiger partial charge in [0.2, 0.25) is 0 Å². The van der Waals surface area contributed by atoms with Crippen LogP contribution in [-0.2, 0) is 6.42 Å². The third-order valence-corrected chi connectivity index (χ3v) is 7.96. The van der Waals surface area contributed by atoms with Gasteiger partial charge in [-0.2, -0.15) is 23.5 Å². The van der Waals surface area contributed by atoms with Crippen LogP contribution in [0.25, 0.3) is 0 Å². The fourth-order valence-electron chi connectivity index (χ4n) is 2.78. The largest absolute Gasteiger partial charge is 0.496 e. The predicted molar refractivity (Wildman–Crippen MR) is 100 cm³/mol. The van der Waals surface area contributed by atoms with Crippen molar-refractivity contribution < 1.29 is 4.74 Å². The van der Waals surface area contributed by atoms with Crippen molar-refractivity contribution >= 4 is 39.5 Å². The van der Waals surface area contributed by atoms with Crippen LogP contribution in [-0.4, -0.2) is 42.2 Å². The van der Waals surface area contributed by atoms with Crippen molar-refractivity contribution in [2.45, 2.75) is 36.3 Å². The molecule has 1 fully saturated rings. The van der Waals surface area contributed by atoms with Crippen LogP contribution in [0.2, 0.25) is 0 Å². The topological polar surface area (TPSA) is 21.3 Å². The zero-order valence-corrected chi connectivity index (χ0v) is 16.1. The Bertz CT molecular complexity index is 458. The highest BCUT2D eigenvalue weighted by Crippen LogP contribution is 2.36. The van der Waals surface area contributed by atoms with E-state index >= 15 is 0 Å². The second kappa shape index (κ2) is 8.70. The lowest BCUT2D eigenvalue weighted by atomic mass is 10.00. The molecule has 3 atom stereocenters. The molecule has 1 N–H and O–H groups in total. The summed E-state index contributed by atoms with van der Waals surface area (Å²) in [5.74, 6) is 3.47. The van der Waals surface area contributed by atoms with Crippen molar-refractivity contribution in [3.8, 4) is 5.75 Å². The van der Waals surface area contributed by atoms with Crippen LogP contribution < -0.4 is 10.1 Å².